The lowest BCUT2D eigenvalue weighted by molar-refractivity contribution is 0.0561. The third-order valence-electron chi connectivity index (χ3n) is 6.53. The van der Waals surface area contributed by atoms with Gasteiger partial charge in [0.2, 0.25) is 5.43 Å². The summed E-state index contributed by atoms with van der Waals surface area (Å²) in [5.41, 5.74) is -1.31. The minimum atomic E-state index is -1.19. The second-order valence-electron chi connectivity index (χ2n) is 9.14. The first-order valence-electron chi connectivity index (χ1n) is 12.5. The molecule has 3 aromatic rings. The standard InChI is InChI=1S/C28H27F4N3O4/c1-2-6-19(13-29)35-10-9-34-15-21(27(37)33-14-20-22(31)11-18(30)12-23(20)32)25(36)26(24(34)28(35)38)39-16-17-7-4-3-5-8-17/h3-5,7-8,11-12,15,19H,2,6,9-10,13-14,16H2,1H3,(H,33,37). The van der Waals surface area contributed by atoms with Crippen LogP contribution in [0.1, 0.15) is 51.7 Å². The fourth-order valence-corrected chi connectivity index (χ4v) is 4.52. The number of alkyl halides is 1. The van der Waals surface area contributed by atoms with Gasteiger partial charge in [-0.1, -0.05) is 43.7 Å². The Kier molecular flexibility index (Phi) is 8.68. The van der Waals surface area contributed by atoms with Crippen molar-refractivity contribution >= 4 is 11.8 Å². The number of fused-ring (bicyclic) bond motifs is 1. The molecule has 7 nitrogen and oxygen atoms in total. The van der Waals surface area contributed by atoms with Gasteiger partial charge >= 0.3 is 0 Å². The number of benzene rings is 2. The van der Waals surface area contributed by atoms with Gasteiger partial charge < -0.3 is 19.5 Å². The summed E-state index contributed by atoms with van der Waals surface area (Å²) in [5, 5.41) is 2.27. The Hall–Kier alpha value is -4.15. The summed E-state index contributed by atoms with van der Waals surface area (Å²) >= 11 is 0. The molecular weight excluding hydrogens is 518 g/mol. The number of hydrogen-bond acceptors (Lipinski definition) is 4. The van der Waals surface area contributed by atoms with Gasteiger partial charge in [0.15, 0.2) is 11.4 Å². The molecule has 1 unspecified atom stereocenters. The zero-order valence-electron chi connectivity index (χ0n) is 21.2. The van der Waals surface area contributed by atoms with E-state index in [1.807, 2.05) is 6.92 Å². The number of nitrogens with one attached hydrogen (secondary N) is 1. The minimum absolute atomic E-state index is 0.0884. The van der Waals surface area contributed by atoms with E-state index in [4.69, 9.17) is 4.74 Å². The van der Waals surface area contributed by atoms with Crippen LogP contribution in [0.5, 0.6) is 5.75 Å². The molecule has 0 bridgehead atoms. The number of halogens is 4. The van der Waals surface area contributed by atoms with Crippen LogP contribution in [-0.4, -0.2) is 40.5 Å². The lowest BCUT2D eigenvalue weighted by atomic mass is 10.1. The average molecular weight is 546 g/mol. The second-order valence-corrected chi connectivity index (χ2v) is 9.14. The van der Waals surface area contributed by atoms with Crippen LogP contribution in [-0.2, 0) is 19.7 Å². The smallest absolute Gasteiger partial charge is 0.274 e. The van der Waals surface area contributed by atoms with E-state index in [1.165, 1.54) is 15.7 Å². The maximum absolute atomic E-state index is 14.0. The monoisotopic (exact) mass is 545 g/mol. The summed E-state index contributed by atoms with van der Waals surface area (Å²) in [7, 11) is 0. The van der Waals surface area contributed by atoms with Gasteiger partial charge in [-0.25, -0.2) is 17.6 Å². The largest absolute Gasteiger partial charge is 0.483 e. The highest BCUT2D eigenvalue weighted by Gasteiger charge is 2.35. The van der Waals surface area contributed by atoms with Crippen LogP contribution in [0, 0.1) is 17.5 Å². The third kappa shape index (κ3) is 5.97. The first-order valence-corrected chi connectivity index (χ1v) is 12.5. The van der Waals surface area contributed by atoms with Gasteiger partial charge in [-0.3, -0.25) is 14.4 Å². The Morgan fingerprint density at radius 2 is 1.77 bits per heavy atom. The number of carbonyl (C=O) groups is 2. The number of rotatable bonds is 10. The van der Waals surface area contributed by atoms with E-state index in [9.17, 15) is 31.9 Å². The molecule has 1 atom stereocenters. The van der Waals surface area contributed by atoms with Gasteiger partial charge in [-0.05, 0) is 12.0 Å². The molecule has 0 spiro atoms. The molecule has 206 valence electrons. The Balaban J connectivity index is 1.70. The van der Waals surface area contributed by atoms with Gasteiger partial charge in [-0.2, -0.15) is 0 Å². The van der Waals surface area contributed by atoms with Crippen LogP contribution in [0.2, 0.25) is 0 Å². The first kappa shape index (κ1) is 27.9. The maximum Gasteiger partial charge on any atom is 0.274 e. The molecule has 0 saturated carbocycles. The molecule has 4 rings (SSSR count). The zero-order valence-corrected chi connectivity index (χ0v) is 21.2. The molecule has 1 aliphatic rings. The van der Waals surface area contributed by atoms with Crippen molar-refractivity contribution in [1.29, 1.82) is 0 Å². The van der Waals surface area contributed by atoms with E-state index in [1.54, 1.807) is 30.3 Å². The molecule has 0 fully saturated rings. The number of amides is 2. The Morgan fingerprint density at radius 1 is 1.08 bits per heavy atom. The van der Waals surface area contributed by atoms with Gasteiger partial charge in [0, 0.05) is 43.5 Å². The van der Waals surface area contributed by atoms with Crippen LogP contribution >= 0.6 is 0 Å². The average Bonchev–Trinajstić information content (AvgIpc) is 2.91. The first-order chi connectivity index (χ1) is 18.7. The summed E-state index contributed by atoms with van der Waals surface area (Å²) < 4.78 is 62.3. The van der Waals surface area contributed by atoms with Crippen molar-refractivity contribution in [3.05, 3.63) is 98.7 Å². The molecular formula is C28H27F4N3O4. The van der Waals surface area contributed by atoms with Crippen LogP contribution in [0.15, 0.2) is 53.5 Å². The molecule has 1 aromatic heterocycles. The van der Waals surface area contributed by atoms with E-state index in [0.717, 1.165) is 0 Å². The van der Waals surface area contributed by atoms with Crippen molar-refractivity contribution in [2.45, 2.75) is 45.5 Å². The summed E-state index contributed by atoms with van der Waals surface area (Å²) in [6.45, 7) is 0.688. The highest BCUT2D eigenvalue weighted by atomic mass is 19.1. The van der Waals surface area contributed by atoms with Gasteiger partial charge in [-0.15, -0.1) is 0 Å². The normalized spacial score (nSPS) is 13.7. The van der Waals surface area contributed by atoms with Crippen LogP contribution in [0.4, 0.5) is 17.6 Å². The van der Waals surface area contributed by atoms with Crippen molar-refractivity contribution < 1.29 is 31.9 Å². The number of ether oxygens (including phenoxy) is 1. The van der Waals surface area contributed by atoms with E-state index >= 15 is 0 Å². The Morgan fingerprint density at radius 3 is 2.41 bits per heavy atom. The van der Waals surface area contributed by atoms with E-state index in [2.05, 4.69) is 5.32 Å². The molecule has 0 aliphatic carbocycles. The van der Waals surface area contributed by atoms with Gasteiger partial charge in [0.1, 0.15) is 36.3 Å². The van der Waals surface area contributed by atoms with Crippen molar-refractivity contribution in [2.24, 2.45) is 0 Å². The van der Waals surface area contributed by atoms with Crippen LogP contribution in [0.3, 0.4) is 0 Å². The SMILES string of the molecule is CCCC(CF)N1CCn2cc(C(=O)NCc3c(F)cc(F)cc3F)c(=O)c(OCc3ccccc3)c2C1=O. The summed E-state index contributed by atoms with van der Waals surface area (Å²) in [6.07, 6.45) is 2.26. The molecule has 1 aliphatic heterocycles. The quantitative estimate of drug-likeness (QED) is 0.384. The molecule has 2 aromatic carbocycles. The van der Waals surface area contributed by atoms with Crippen molar-refractivity contribution in [3.8, 4) is 5.75 Å². The molecule has 2 amide bonds. The van der Waals surface area contributed by atoms with Crippen molar-refractivity contribution in [2.75, 3.05) is 13.2 Å². The minimum Gasteiger partial charge on any atom is -0.483 e. The zero-order chi connectivity index (χ0) is 28.1. The Bertz CT molecular complexity index is 1410. The number of aromatic nitrogens is 1. The maximum atomic E-state index is 14.0. The second kappa shape index (κ2) is 12.1. The fraction of sp³-hybridized carbons (Fsp3) is 0.321. The summed E-state index contributed by atoms with van der Waals surface area (Å²) in [5.74, 6) is -5.44. The van der Waals surface area contributed by atoms with E-state index in [-0.39, 0.29) is 31.1 Å². The van der Waals surface area contributed by atoms with Crippen molar-refractivity contribution in [1.82, 2.24) is 14.8 Å². The number of carbonyl (C=O) groups excluding carboxylic acids is 2. The van der Waals surface area contributed by atoms with E-state index in [0.29, 0.717) is 30.5 Å². The number of pyridine rings is 1. The molecule has 11 heteroatoms. The molecule has 0 saturated heterocycles. The van der Waals surface area contributed by atoms with Crippen LogP contribution in [0.25, 0.3) is 0 Å². The third-order valence-corrected chi connectivity index (χ3v) is 6.53. The predicted molar refractivity (Wildman–Crippen MR) is 135 cm³/mol. The number of hydrogen-bond donors (Lipinski definition) is 1. The summed E-state index contributed by atoms with van der Waals surface area (Å²) in [6, 6.07) is 9.12. The molecule has 2 heterocycles. The fourth-order valence-electron chi connectivity index (χ4n) is 4.52. The van der Waals surface area contributed by atoms with E-state index < -0.39 is 65.1 Å². The van der Waals surface area contributed by atoms with Crippen LogP contribution < -0.4 is 15.5 Å². The Labute approximate surface area is 222 Å². The highest BCUT2D eigenvalue weighted by molar-refractivity contribution is 5.99. The molecule has 0 radical (unpaired) electrons. The highest BCUT2D eigenvalue weighted by Crippen LogP contribution is 2.25. The topological polar surface area (TPSA) is 80.6 Å². The lowest BCUT2D eigenvalue weighted by Crippen LogP contribution is -2.49. The van der Waals surface area contributed by atoms with Gasteiger partial charge in [0.25, 0.3) is 11.8 Å². The molecule has 39 heavy (non-hydrogen) atoms. The lowest BCUT2D eigenvalue weighted by Gasteiger charge is -2.35. The van der Waals surface area contributed by atoms with Crippen molar-refractivity contribution in [3.63, 3.8) is 0 Å². The summed E-state index contributed by atoms with van der Waals surface area (Å²) in [4.78, 5) is 41.3. The predicted octanol–water partition coefficient (Wildman–Crippen LogP) is 4.37. The van der Waals surface area contributed by atoms with Gasteiger partial charge in [0.05, 0.1) is 6.04 Å². The molecule has 1 N–H and O–H groups in total. The number of nitrogens with zero attached hydrogens (tertiary/aromatic N) is 2.